The van der Waals surface area contributed by atoms with Crippen LogP contribution in [0.15, 0.2) is 71.3 Å². The van der Waals surface area contributed by atoms with Crippen LogP contribution in [0.3, 0.4) is 0 Å². The van der Waals surface area contributed by atoms with Gasteiger partial charge in [-0.05, 0) is 54.1 Å². The summed E-state index contributed by atoms with van der Waals surface area (Å²) in [5, 5.41) is 0. The number of carbonyl (C=O) groups is 1. The molecule has 1 fully saturated rings. The quantitative estimate of drug-likeness (QED) is 0.452. The van der Waals surface area contributed by atoms with Crippen LogP contribution in [-0.2, 0) is 24.0 Å². The minimum Gasteiger partial charge on any atom is -0.467 e. The second kappa shape index (κ2) is 10.4. The zero-order valence-electron chi connectivity index (χ0n) is 18.3. The molecule has 0 aliphatic carbocycles. The van der Waals surface area contributed by atoms with E-state index >= 15 is 0 Å². The van der Waals surface area contributed by atoms with Crippen molar-refractivity contribution in [1.82, 2.24) is 9.80 Å². The Bertz CT molecular complexity index is 1080. The van der Waals surface area contributed by atoms with Gasteiger partial charge in [-0.3, -0.25) is 9.69 Å². The van der Waals surface area contributed by atoms with Crippen molar-refractivity contribution in [2.24, 2.45) is 0 Å². The van der Waals surface area contributed by atoms with Crippen LogP contribution >= 0.6 is 0 Å². The first-order chi connectivity index (χ1) is 16.3. The molecular weight excluding hydrogens is 452 g/mol. The fourth-order valence-electron chi connectivity index (χ4n) is 3.97. The largest absolute Gasteiger partial charge is 0.467 e. The summed E-state index contributed by atoms with van der Waals surface area (Å²) in [5.74, 6) is -0.169. The molecule has 1 aromatic heterocycles. The van der Waals surface area contributed by atoms with Gasteiger partial charge in [0, 0.05) is 31.7 Å². The van der Waals surface area contributed by atoms with E-state index in [-0.39, 0.29) is 30.6 Å². The Balaban J connectivity index is 1.46. The third-order valence-corrected chi connectivity index (χ3v) is 5.62. The Morgan fingerprint density at radius 2 is 1.88 bits per heavy atom. The highest BCUT2D eigenvalue weighted by molar-refractivity contribution is 5.94. The number of rotatable bonds is 7. The first-order valence-corrected chi connectivity index (χ1v) is 10.9. The monoisotopic (exact) mass is 476 g/mol. The van der Waals surface area contributed by atoms with Gasteiger partial charge in [-0.1, -0.05) is 12.1 Å². The van der Waals surface area contributed by atoms with E-state index in [1.165, 1.54) is 35.4 Å². The molecule has 0 spiro atoms. The number of nitrogens with zero attached hydrogens (tertiary/aromatic N) is 2. The summed E-state index contributed by atoms with van der Waals surface area (Å²) in [4.78, 5) is 16.8. The van der Waals surface area contributed by atoms with Gasteiger partial charge in [0.15, 0.2) is 0 Å². The maximum absolute atomic E-state index is 13.5. The fraction of sp³-hybridized carbons (Fsp3) is 0.320. The van der Waals surface area contributed by atoms with Crippen molar-refractivity contribution in [3.63, 3.8) is 0 Å². The maximum atomic E-state index is 13.5. The number of benzene rings is 2. The second-order valence-corrected chi connectivity index (χ2v) is 8.20. The summed E-state index contributed by atoms with van der Waals surface area (Å²) < 4.78 is 63.5. The van der Waals surface area contributed by atoms with E-state index in [1.54, 1.807) is 18.2 Å². The van der Waals surface area contributed by atoms with Gasteiger partial charge in [-0.15, -0.1) is 0 Å². The number of morpholine rings is 1. The van der Waals surface area contributed by atoms with Crippen LogP contribution in [0, 0.1) is 5.82 Å². The normalized spacial score (nSPS) is 17.0. The molecule has 3 aromatic rings. The molecule has 1 unspecified atom stereocenters. The number of amides is 1. The number of furan rings is 1. The lowest BCUT2D eigenvalue weighted by molar-refractivity contribution is -0.137. The Morgan fingerprint density at radius 3 is 2.56 bits per heavy atom. The van der Waals surface area contributed by atoms with E-state index in [2.05, 4.69) is 4.90 Å². The van der Waals surface area contributed by atoms with Crippen molar-refractivity contribution in [3.05, 3.63) is 95.2 Å². The average molecular weight is 476 g/mol. The Hall–Kier alpha value is -3.17. The predicted octanol–water partition coefficient (Wildman–Crippen LogP) is 4.98. The van der Waals surface area contributed by atoms with Crippen LogP contribution in [0.25, 0.3) is 0 Å². The van der Waals surface area contributed by atoms with E-state index in [4.69, 9.17) is 9.15 Å². The molecule has 1 atom stereocenters. The summed E-state index contributed by atoms with van der Waals surface area (Å²) in [7, 11) is 0. The number of ether oxygens (including phenoxy) is 1. The first-order valence-electron chi connectivity index (χ1n) is 10.9. The maximum Gasteiger partial charge on any atom is 0.416 e. The van der Waals surface area contributed by atoms with Gasteiger partial charge in [0.2, 0.25) is 0 Å². The zero-order valence-corrected chi connectivity index (χ0v) is 18.3. The molecule has 1 saturated heterocycles. The zero-order chi connectivity index (χ0) is 24.1. The first kappa shape index (κ1) is 24.0. The highest BCUT2D eigenvalue weighted by Gasteiger charge is 2.31. The minimum atomic E-state index is -4.48. The van der Waals surface area contributed by atoms with Crippen molar-refractivity contribution in [1.29, 1.82) is 0 Å². The third-order valence-electron chi connectivity index (χ3n) is 5.62. The van der Waals surface area contributed by atoms with Gasteiger partial charge in [-0.2, -0.15) is 13.2 Å². The van der Waals surface area contributed by atoms with Gasteiger partial charge < -0.3 is 14.1 Å². The molecule has 1 aliphatic heterocycles. The van der Waals surface area contributed by atoms with Crippen LogP contribution in [0.5, 0.6) is 0 Å². The lowest BCUT2D eigenvalue weighted by Gasteiger charge is -2.35. The number of hydrogen-bond donors (Lipinski definition) is 0. The molecule has 2 aromatic carbocycles. The van der Waals surface area contributed by atoms with Gasteiger partial charge >= 0.3 is 6.18 Å². The molecule has 0 saturated carbocycles. The fourth-order valence-corrected chi connectivity index (χ4v) is 3.97. The van der Waals surface area contributed by atoms with Crippen LogP contribution in [0.4, 0.5) is 17.6 Å². The molecule has 0 bridgehead atoms. The summed E-state index contributed by atoms with van der Waals surface area (Å²) in [6.45, 7) is 2.55. The molecule has 0 radical (unpaired) electrons. The molecule has 2 heterocycles. The van der Waals surface area contributed by atoms with E-state index in [0.717, 1.165) is 17.7 Å². The van der Waals surface area contributed by atoms with Crippen LogP contribution < -0.4 is 0 Å². The smallest absolute Gasteiger partial charge is 0.416 e. The van der Waals surface area contributed by atoms with Gasteiger partial charge in [0.25, 0.3) is 5.91 Å². The summed E-state index contributed by atoms with van der Waals surface area (Å²) in [6, 6.07) is 14.0. The third kappa shape index (κ3) is 6.24. The van der Waals surface area contributed by atoms with Crippen LogP contribution in [0.1, 0.15) is 27.2 Å². The SMILES string of the molecule is O=C(c1ccc(C(F)(F)F)cc1)N(Cc1ccco1)CC1CN(Cc2cccc(F)c2)CCO1. The summed E-state index contributed by atoms with van der Waals surface area (Å²) in [6.07, 6.45) is -3.31. The second-order valence-electron chi connectivity index (χ2n) is 8.20. The number of carbonyl (C=O) groups excluding carboxylic acids is 1. The molecule has 180 valence electrons. The Morgan fingerprint density at radius 1 is 1.09 bits per heavy atom. The average Bonchev–Trinajstić information content (AvgIpc) is 3.31. The summed E-state index contributed by atoms with van der Waals surface area (Å²) in [5.41, 5.74) is 0.172. The highest BCUT2D eigenvalue weighted by Crippen LogP contribution is 2.29. The van der Waals surface area contributed by atoms with Crippen molar-refractivity contribution in [3.8, 4) is 0 Å². The van der Waals surface area contributed by atoms with Gasteiger partial charge in [-0.25, -0.2) is 4.39 Å². The lowest BCUT2D eigenvalue weighted by Crippen LogP contribution is -2.48. The van der Waals surface area contributed by atoms with Crippen LogP contribution in [0.2, 0.25) is 0 Å². The van der Waals surface area contributed by atoms with Crippen molar-refractivity contribution in [2.75, 3.05) is 26.2 Å². The molecule has 4 rings (SSSR count). The van der Waals surface area contributed by atoms with Crippen molar-refractivity contribution >= 4 is 5.91 Å². The summed E-state index contributed by atoms with van der Waals surface area (Å²) >= 11 is 0. The number of alkyl halides is 3. The van der Waals surface area contributed by atoms with Gasteiger partial charge in [0.05, 0.1) is 31.1 Å². The molecule has 5 nitrogen and oxygen atoms in total. The van der Waals surface area contributed by atoms with Crippen molar-refractivity contribution in [2.45, 2.75) is 25.4 Å². The predicted molar refractivity (Wildman–Crippen MR) is 116 cm³/mol. The Labute approximate surface area is 194 Å². The molecule has 1 aliphatic rings. The molecule has 9 heteroatoms. The highest BCUT2D eigenvalue weighted by atomic mass is 19.4. The van der Waals surface area contributed by atoms with Crippen molar-refractivity contribution < 1.29 is 31.5 Å². The van der Waals surface area contributed by atoms with E-state index in [9.17, 15) is 22.4 Å². The Kier molecular flexibility index (Phi) is 7.33. The van der Waals surface area contributed by atoms with Crippen LogP contribution in [-0.4, -0.2) is 48.1 Å². The molecular formula is C25H24F4N2O3. The topological polar surface area (TPSA) is 45.9 Å². The molecule has 34 heavy (non-hydrogen) atoms. The molecule has 1 amide bonds. The number of hydrogen-bond acceptors (Lipinski definition) is 4. The van der Waals surface area contributed by atoms with E-state index < -0.39 is 17.6 Å². The molecule has 0 N–H and O–H groups in total. The lowest BCUT2D eigenvalue weighted by atomic mass is 10.1. The van der Waals surface area contributed by atoms with E-state index in [1.807, 2.05) is 6.07 Å². The minimum absolute atomic E-state index is 0.145. The van der Waals surface area contributed by atoms with E-state index in [0.29, 0.717) is 32.0 Å². The standard InChI is InChI=1S/C25H24F4N2O3/c26-21-4-1-3-18(13-21)14-30-10-12-34-23(15-30)17-31(16-22-5-2-11-33-22)24(32)19-6-8-20(9-7-19)25(27,28)29/h1-9,11,13,23H,10,12,14-17H2. The number of halogens is 4. The van der Waals surface area contributed by atoms with Gasteiger partial charge in [0.1, 0.15) is 11.6 Å².